The number of benzene rings is 1. The summed E-state index contributed by atoms with van der Waals surface area (Å²) in [6, 6.07) is 12.3. The molecule has 1 aromatic carbocycles. The van der Waals surface area contributed by atoms with Crippen LogP contribution in [0.25, 0.3) is 11.3 Å². The number of carbonyl (C=O) groups is 1. The largest absolute Gasteiger partial charge is 0.301 e. The van der Waals surface area contributed by atoms with Crippen LogP contribution in [0.15, 0.2) is 57.4 Å². The zero-order chi connectivity index (χ0) is 18.9. The molecule has 1 N–H and O–H groups in total. The topological polar surface area (TPSA) is 79.4 Å². The molecule has 0 bridgehead atoms. The summed E-state index contributed by atoms with van der Waals surface area (Å²) < 4.78 is 27.2. The molecule has 0 spiro atoms. The van der Waals surface area contributed by atoms with Crippen molar-refractivity contribution in [3.05, 3.63) is 53.2 Å². The minimum Gasteiger partial charge on any atom is -0.301 e. The molecule has 1 amide bonds. The Balaban J connectivity index is 1.50. The summed E-state index contributed by atoms with van der Waals surface area (Å²) in [5, 5.41) is 6.85. The second-order valence-electron chi connectivity index (χ2n) is 6.10. The van der Waals surface area contributed by atoms with Crippen LogP contribution in [-0.4, -0.2) is 36.2 Å². The molecule has 1 aliphatic heterocycles. The molecule has 0 radical (unpaired) electrons. The maximum Gasteiger partial charge on any atom is 0.253 e. The van der Waals surface area contributed by atoms with Crippen LogP contribution in [0, 0.1) is 0 Å². The molecule has 3 heterocycles. The molecule has 2 aromatic heterocycles. The van der Waals surface area contributed by atoms with Crippen LogP contribution >= 0.6 is 22.7 Å². The number of nitrogens with zero attached hydrogens (tertiary/aromatic N) is 2. The third-order valence-corrected chi connectivity index (χ3v) is 8.41. The van der Waals surface area contributed by atoms with E-state index >= 15 is 0 Å². The van der Waals surface area contributed by atoms with Gasteiger partial charge in [0.15, 0.2) is 5.13 Å². The molecule has 1 saturated heterocycles. The zero-order valence-corrected chi connectivity index (χ0v) is 16.7. The number of carbonyl (C=O) groups excluding carboxylic acids is 1. The molecule has 1 fully saturated rings. The Morgan fingerprint density at radius 3 is 2.70 bits per heavy atom. The van der Waals surface area contributed by atoms with Crippen molar-refractivity contribution in [1.29, 1.82) is 0 Å². The van der Waals surface area contributed by atoms with E-state index in [0.29, 0.717) is 24.5 Å². The number of thiazole rings is 1. The standard InChI is InChI=1S/C18H17N3O3S3/c22-17(20-18-19-14(12-26-18)13-6-2-1-3-7-13)15-8-4-10-21(15)27(23,24)16-9-5-11-25-16/h1-3,5-7,9,11-12,15H,4,8,10H2,(H,19,20,22)/t15-/m0/s1. The van der Waals surface area contributed by atoms with Gasteiger partial charge in [-0.3, -0.25) is 4.79 Å². The van der Waals surface area contributed by atoms with E-state index in [2.05, 4.69) is 10.3 Å². The second-order valence-corrected chi connectivity index (χ2v) is 10.0. The molecule has 140 valence electrons. The number of amides is 1. The smallest absolute Gasteiger partial charge is 0.253 e. The van der Waals surface area contributed by atoms with E-state index in [0.717, 1.165) is 22.6 Å². The first-order valence-electron chi connectivity index (χ1n) is 8.43. The molecule has 27 heavy (non-hydrogen) atoms. The third kappa shape index (κ3) is 3.68. The van der Waals surface area contributed by atoms with Crippen molar-refractivity contribution in [3.8, 4) is 11.3 Å². The van der Waals surface area contributed by atoms with Crippen molar-refractivity contribution in [3.63, 3.8) is 0 Å². The molecule has 0 saturated carbocycles. The number of nitrogens with one attached hydrogen (secondary N) is 1. The van der Waals surface area contributed by atoms with Crippen LogP contribution in [0.2, 0.25) is 0 Å². The van der Waals surface area contributed by atoms with Gasteiger partial charge in [-0.15, -0.1) is 22.7 Å². The van der Waals surface area contributed by atoms with E-state index in [9.17, 15) is 13.2 Å². The van der Waals surface area contributed by atoms with E-state index in [1.54, 1.807) is 17.5 Å². The van der Waals surface area contributed by atoms with Crippen molar-refractivity contribution in [2.45, 2.75) is 23.1 Å². The molecule has 1 aliphatic rings. The highest BCUT2D eigenvalue weighted by atomic mass is 32.2. The normalized spacial score (nSPS) is 17.9. The Morgan fingerprint density at radius 1 is 1.15 bits per heavy atom. The maximum absolute atomic E-state index is 12.8. The predicted molar refractivity (Wildman–Crippen MR) is 107 cm³/mol. The Bertz CT molecular complexity index is 1030. The molecule has 9 heteroatoms. The molecule has 4 rings (SSSR count). The summed E-state index contributed by atoms with van der Waals surface area (Å²) in [6.07, 6.45) is 1.17. The van der Waals surface area contributed by atoms with Gasteiger partial charge in [-0.05, 0) is 24.3 Å². The summed E-state index contributed by atoms with van der Waals surface area (Å²) in [4.78, 5) is 17.2. The fraction of sp³-hybridized carbons (Fsp3) is 0.222. The lowest BCUT2D eigenvalue weighted by Crippen LogP contribution is -2.42. The number of thiophene rings is 1. The monoisotopic (exact) mass is 419 g/mol. The quantitative estimate of drug-likeness (QED) is 0.684. The van der Waals surface area contributed by atoms with Gasteiger partial charge in [-0.1, -0.05) is 36.4 Å². The molecular weight excluding hydrogens is 402 g/mol. The number of hydrogen-bond donors (Lipinski definition) is 1. The summed E-state index contributed by atoms with van der Waals surface area (Å²) in [6.45, 7) is 0.353. The number of aromatic nitrogens is 1. The van der Waals surface area contributed by atoms with E-state index in [1.807, 2.05) is 35.7 Å². The van der Waals surface area contributed by atoms with Gasteiger partial charge in [0.2, 0.25) is 5.91 Å². The number of anilines is 1. The molecule has 6 nitrogen and oxygen atoms in total. The van der Waals surface area contributed by atoms with Crippen LogP contribution in [0.1, 0.15) is 12.8 Å². The van der Waals surface area contributed by atoms with E-state index < -0.39 is 16.1 Å². The van der Waals surface area contributed by atoms with Crippen LogP contribution in [-0.2, 0) is 14.8 Å². The molecule has 3 aromatic rings. The predicted octanol–water partition coefficient (Wildman–Crippen LogP) is 3.66. The van der Waals surface area contributed by atoms with Gasteiger partial charge in [0.1, 0.15) is 10.3 Å². The Morgan fingerprint density at radius 2 is 1.96 bits per heavy atom. The lowest BCUT2D eigenvalue weighted by atomic mass is 10.2. The molecule has 0 unspecified atom stereocenters. The van der Waals surface area contributed by atoms with Crippen molar-refractivity contribution in [2.24, 2.45) is 0 Å². The highest BCUT2D eigenvalue weighted by Crippen LogP contribution is 2.30. The van der Waals surface area contributed by atoms with E-state index in [4.69, 9.17) is 0 Å². The first kappa shape index (κ1) is 18.3. The van der Waals surface area contributed by atoms with Gasteiger partial charge < -0.3 is 5.32 Å². The summed E-state index contributed by atoms with van der Waals surface area (Å²) in [7, 11) is -3.65. The Kier molecular flexibility index (Phi) is 5.09. The van der Waals surface area contributed by atoms with Crippen LogP contribution in [0.4, 0.5) is 5.13 Å². The summed E-state index contributed by atoms with van der Waals surface area (Å²) in [5.74, 6) is -0.332. The van der Waals surface area contributed by atoms with Gasteiger partial charge in [0.05, 0.1) is 5.69 Å². The lowest BCUT2D eigenvalue weighted by Gasteiger charge is -2.22. The van der Waals surface area contributed by atoms with Crippen molar-refractivity contribution < 1.29 is 13.2 Å². The van der Waals surface area contributed by atoms with Crippen LogP contribution < -0.4 is 5.32 Å². The van der Waals surface area contributed by atoms with Crippen LogP contribution in [0.5, 0.6) is 0 Å². The minimum absolute atomic E-state index is 0.266. The van der Waals surface area contributed by atoms with Crippen molar-refractivity contribution in [1.82, 2.24) is 9.29 Å². The van der Waals surface area contributed by atoms with Gasteiger partial charge >= 0.3 is 0 Å². The van der Waals surface area contributed by atoms with Gasteiger partial charge in [-0.25, -0.2) is 13.4 Å². The van der Waals surface area contributed by atoms with Crippen LogP contribution in [0.3, 0.4) is 0 Å². The van der Waals surface area contributed by atoms with Crippen molar-refractivity contribution >= 4 is 43.7 Å². The lowest BCUT2D eigenvalue weighted by molar-refractivity contribution is -0.119. The third-order valence-electron chi connectivity index (χ3n) is 4.37. The number of sulfonamides is 1. The second kappa shape index (κ2) is 7.51. The van der Waals surface area contributed by atoms with Crippen molar-refractivity contribution in [2.75, 3.05) is 11.9 Å². The summed E-state index contributed by atoms with van der Waals surface area (Å²) >= 11 is 2.49. The minimum atomic E-state index is -3.65. The van der Waals surface area contributed by atoms with Gasteiger partial charge in [-0.2, -0.15) is 4.31 Å². The van der Waals surface area contributed by atoms with E-state index in [1.165, 1.54) is 15.6 Å². The van der Waals surface area contributed by atoms with Gasteiger partial charge in [0, 0.05) is 17.5 Å². The zero-order valence-electron chi connectivity index (χ0n) is 14.2. The highest BCUT2D eigenvalue weighted by Gasteiger charge is 2.40. The fourth-order valence-corrected chi connectivity index (χ4v) is 6.58. The molecule has 0 aliphatic carbocycles. The first-order valence-corrected chi connectivity index (χ1v) is 11.6. The first-order chi connectivity index (χ1) is 13.1. The fourth-order valence-electron chi connectivity index (χ4n) is 3.08. The molecule has 1 atom stereocenters. The SMILES string of the molecule is O=C(Nc1nc(-c2ccccc2)cs1)[C@@H]1CCCN1S(=O)(=O)c1cccs1. The van der Waals surface area contributed by atoms with Gasteiger partial charge in [0.25, 0.3) is 10.0 Å². The maximum atomic E-state index is 12.8. The average molecular weight is 420 g/mol. The number of rotatable bonds is 5. The number of hydrogen-bond acceptors (Lipinski definition) is 6. The Labute approximate surface area is 165 Å². The Hall–Kier alpha value is -2.07. The average Bonchev–Trinajstić information content (AvgIpc) is 3.42. The van der Waals surface area contributed by atoms with E-state index in [-0.39, 0.29) is 10.1 Å². The molecular formula is C18H17N3O3S3. The summed E-state index contributed by atoms with van der Waals surface area (Å²) in [5.41, 5.74) is 1.75. The highest BCUT2D eigenvalue weighted by molar-refractivity contribution is 7.91.